The van der Waals surface area contributed by atoms with Crippen molar-refractivity contribution in [2.45, 2.75) is 58.6 Å². The molecular formula is C32H45N5O6S. The second-order valence-electron chi connectivity index (χ2n) is 12.9. The van der Waals surface area contributed by atoms with E-state index in [1.54, 1.807) is 40.1 Å². The predicted molar refractivity (Wildman–Crippen MR) is 171 cm³/mol. The van der Waals surface area contributed by atoms with Crippen LogP contribution in [0.15, 0.2) is 53.1 Å². The Bertz CT molecular complexity index is 1540. The van der Waals surface area contributed by atoms with Crippen LogP contribution in [-0.4, -0.2) is 70.2 Å². The number of hydrogen-bond acceptors (Lipinski definition) is 9. The maximum atomic E-state index is 13.0. The molecule has 12 heteroatoms. The number of ether oxygens (including phenoxy) is 2. The Kier molecular flexibility index (Phi) is 9.94. The molecule has 1 aliphatic rings. The standard InChI is InChI=1S/C32H45N5O6S/c1-22-16-25(22)21-37(14-15-41-7)28-18-24(17-27(34-28)36(6)44(8,39)40)29-33-20-26(42-29)32(5,19-23-12-10-9-11-13-23)35-30(38)43-31(2,3)4/h9-13,17-18,20,22,25H,14-16,19,21H2,1-8H3,(H,35,38)/t22-,25+,32-/m1/s1. The molecule has 0 aliphatic heterocycles. The summed E-state index contributed by atoms with van der Waals surface area (Å²) in [6.45, 7) is 11.3. The van der Waals surface area contributed by atoms with Crippen LogP contribution in [0, 0.1) is 11.8 Å². The third kappa shape index (κ3) is 8.72. The van der Waals surface area contributed by atoms with Crippen LogP contribution < -0.4 is 14.5 Å². The Morgan fingerprint density at radius 1 is 1.14 bits per heavy atom. The number of hydrogen-bond donors (Lipinski definition) is 1. The molecule has 1 fully saturated rings. The number of amides is 1. The zero-order valence-electron chi connectivity index (χ0n) is 27.0. The van der Waals surface area contributed by atoms with Gasteiger partial charge in [-0.15, -0.1) is 0 Å². The molecule has 4 rings (SSSR count). The summed E-state index contributed by atoms with van der Waals surface area (Å²) in [4.78, 5) is 24.4. The predicted octanol–water partition coefficient (Wildman–Crippen LogP) is 5.22. The van der Waals surface area contributed by atoms with Crippen molar-refractivity contribution < 1.29 is 27.1 Å². The van der Waals surface area contributed by atoms with E-state index in [1.807, 2.05) is 43.3 Å². The number of benzene rings is 1. The number of sulfonamides is 1. The van der Waals surface area contributed by atoms with E-state index in [9.17, 15) is 13.2 Å². The van der Waals surface area contributed by atoms with E-state index in [2.05, 4.69) is 22.1 Å². The van der Waals surface area contributed by atoms with Gasteiger partial charge in [0.1, 0.15) is 22.8 Å². The first-order chi connectivity index (χ1) is 20.6. The molecule has 0 spiro atoms. The average Bonchev–Trinajstić information content (AvgIpc) is 3.39. The SMILES string of the molecule is COCCN(C[C@@H]1C[C@H]1C)c1cc(-c2ncc([C@@](C)(Cc3ccccc3)NC(=O)OC(C)(C)C)o2)cc(N(C)S(C)(=O)=O)n1. The smallest absolute Gasteiger partial charge is 0.408 e. The molecule has 2 aromatic heterocycles. The van der Waals surface area contributed by atoms with Gasteiger partial charge in [0, 0.05) is 39.2 Å². The minimum Gasteiger partial charge on any atom is -0.444 e. The molecule has 0 radical (unpaired) electrons. The molecule has 0 unspecified atom stereocenters. The molecule has 1 amide bonds. The lowest BCUT2D eigenvalue weighted by molar-refractivity contribution is 0.0447. The average molecular weight is 628 g/mol. The van der Waals surface area contributed by atoms with Gasteiger partial charge in [0.25, 0.3) is 0 Å². The van der Waals surface area contributed by atoms with Crippen LogP contribution in [0.2, 0.25) is 0 Å². The van der Waals surface area contributed by atoms with Gasteiger partial charge in [-0.25, -0.2) is 23.2 Å². The molecule has 2 heterocycles. The van der Waals surface area contributed by atoms with Crippen molar-refractivity contribution >= 4 is 27.8 Å². The molecule has 0 saturated heterocycles. The number of carbonyl (C=O) groups excluding carboxylic acids is 1. The van der Waals surface area contributed by atoms with E-state index >= 15 is 0 Å². The van der Waals surface area contributed by atoms with Gasteiger partial charge in [-0.1, -0.05) is 37.3 Å². The molecule has 1 N–H and O–H groups in total. The second-order valence-corrected chi connectivity index (χ2v) is 14.9. The Labute approximate surface area is 261 Å². The van der Waals surface area contributed by atoms with Gasteiger partial charge in [0.2, 0.25) is 15.9 Å². The highest BCUT2D eigenvalue weighted by Gasteiger charge is 2.36. The van der Waals surface area contributed by atoms with Crippen molar-refractivity contribution in [1.82, 2.24) is 15.3 Å². The van der Waals surface area contributed by atoms with Crippen molar-refractivity contribution in [3.63, 3.8) is 0 Å². The highest BCUT2D eigenvalue weighted by atomic mass is 32.2. The van der Waals surface area contributed by atoms with Gasteiger partial charge in [0.05, 0.1) is 19.1 Å². The van der Waals surface area contributed by atoms with Crippen LogP contribution in [-0.2, 0) is 31.5 Å². The number of oxazole rings is 1. The van der Waals surface area contributed by atoms with Gasteiger partial charge >= 0.3 is 6.09 Å². The van der Waals surface area contributed by atoms with Gasteiger partial charge in [0.15, 0.2) is 5.76 Å². The summed E-state index contributed by atoms with van der Waals surface area (Å²) in [6.07, 6.45) is 3.68. The first-order valence-corrected chi connectivity index (χ1v) is 16.6. The largest absolute Gasteiger partial charge is 0.444 e. The minimum absolute atomic E-state index is 0.241. The van der Waals surface area contributed by atoms with E-state index in [0.717, 1.165) is 29.1 Å². The summed E-state index contributed by atoms with van der Waals surface area (Å²) >= 11 is 0. The fourth-order valence-corrected chi connectivity index (χ4v) is 5.38. The number of anilines is 2. The number of pyridine rings is 1. The zero-order valence-corrected chi connectivity index (χ0v) is 27.8. The number of nitrogens with one attached hydrogen (secondary N) is 1. The number of nitrogens with zero attached hydrogens (tertiary/aromatic N) is 4. The van der Waals surface area contributed by atoms with E-state index in [4.69, 9.17) is 18.9 Å². The van der Waals surface area contributed by atoms with Crippen molar-refractivity contribution in [2.75, 3.05) is 49.3 Å². The number of rotatable bonds is 13. The number of aromatic nitrogens is 2. The molecule has 3 atom stereocenters. The Balaban J connectivity index is 1.76. The maximum Gasteiger partial charge on any atom is 0.408 e. The zero-order chi connectivity index (χ0) is 32.3. The van der Waals surface area contributed by atoms with E-state index in [-0.39, 0.29) is 11.7 Å². The molecule has 44 heavy (non-hydrogen) atoms. The fourth-order valence-electron chi connectivity index (χ4n) is 4.94. The Hall–Kier alpha value is -3.64. The summed E-state index contributed by atoms with van der Waals surface area (Å²) in [5, 5.41) is 3.00. The van der Waals surface area contributed by atoms with Crippen molar-refractivity contribution in [2.24, 2.45) is 11.8 Å². The van der Waals surface area contributed by atoms with Gasteiger partial charge < -0.3 is 24.1 Å². The van der Waals surface area contributed by atoms with Crippen LogP contribution in [0.4, 0.5) is 16.4 Å². The molecule has 240 valence electrons. The third-order valence-corrected chi connectivity index (χ3v) is 8.89. The lowest BCUT2D eigenvalue weighted by atomic mass is 9.90. The lowest BCUT2D eigenvalue weighted by Crippen LogP contribution is -2.47. The van der Waals surface area contributed by atoms with Crippen LogP contribution in [0.25, 0.3) is 11.5 Å². The normalized spacial score (nSPS) is 17.9. The number of carbonyl (C=O) groups is 1. The Morgan fingerprint density at radius 3 is 2.39 bits per heavy atom. The van der Waals surface area contributed by atoms with Crippen molar-refractivity contribution in [3.8, 4) is 11.5 Å². The van der Waals surface area contributed by atoms with Crippen LogP contribution in [0.1, 0.15) is 52.4 Å². The molecule has 1 aromatic carbocycles. The maximum absolute atomic E-state index is 13.0. The molecule has 1 aliphatic carbocycles. The first kappa shape index (κ1) is 33.3. The number of methoxy groups -OCH3 is 1. The Morgan fingerprint density at radius 2 is 1.80 bits per heavy atom. The summed E-state index contributed by atoms with van der Waals surface area (Å²) < 4.78 is 43.5. The molecule has 1 saturated carbocycles. The highest BCUT2D eigenvalue weighted by molar-refractivity contribution is 7.92. The van der Waals surface area contributed by atoms with Gasteiger partial charge in [-0.05, 0) is 63.6 Å². The fraction of sp³-hybridized carbons (Fsp3) is 0.531. The number of alkyl carbamates (subject to hydrolysis) is 1. The highest BCUT2D eigenvalue weighted by Crippen LogP contribution is 2.40. The molecule has 0 bridgehead atoms. The first-order valence-electron chi connectivity index (χ1n) is 14.8. The molecule has 11 nitrogen and oxygen atoms in total. The third-order valence-electron chi connectivity index (χ3n) is 7.71. The molecule has 3 aromatic rings. The summed E-state index contributed by atoms with van der Waals surface area (Å²) in [6, 6.07) is 13.3. The van der Waals surface area contributed by atoms with E-state index in [1.165, 1.54) is 7.05 Å². The topological polar surface area (TPSA) is 127 Å². The second kappa shape index (κ2) is 13.2. The lowest BCUT2D eigenvalue weighted by Gasteiger charge is -2.30. The monoisotopic (exact) mass is 627 g/mol. The van der Waals surface area contributed by atoms with E-state index < -0.39 is 27.3 Å². The summed E-state index contributed by atoms with van der Waals surface area (Å²) in [5.41, 5.74) is -0.163. The van der Waals surface area contributed by atoms with Crippen LogP contribution >= 0.6 is 0 Å². The van der Waals surface area contributed by atoms with Gasteiger partial charge in [-0.3, -0.25) is 4.31 Å². The minimum atomic E-state index is -3.60. The summed E-state index contributed by atoms with van der Waals surface area (Å²) in [5.74, 6) is 2.67. The van der Waals surface area contributed by atoms with Gasteiger partial charge in [-0.2, -0.15) is 0 Å². The summed E-state index contributed by atoms with van der Waals surface area (Å²) in [7, 11) is -0.482. The van der Waals surface area contributed by atoms with E-state index in [0.29, 0.717) is 48.5 Å². The van der Waals surface area contributed by atoms with Crippen LogP contribution in [0.3, 0.4) is 0 Å². The van der Waals surface area contributed by atoms with Crippen molar-refractivity contribution in [3.05, 3.63) is 60.0 Å². The van der Waals surface area contributed by atoms with Crippen molar-refractivity contribution in [1.29, 1.82) is 0 Å². The quantitative estimate of drug-likeness (QED) is 0.271. The van der Waals surface area contributed by atoms with Crippen LogP contribution in [0.5, 0.6) is 0 Å². The molecular weight excluding hydrogens is 582 g/mol.